The van der Waals surface area contributed by atoms with Crippen molar-refractivity contribution in [1.82, 2.24) is 20.1 Å². The zero-order valence-corrected chi connectivity index (χ0v) is 9.77. The quantitative estimate of drug-likeness (QED) is 0.802. The van der Waals surface area contributed by atoms with Crippen molar-refractivity contribution in [1.29, 1.82) is 0 Å². The summed E-state index contributed by atoms with van der Waals surface area (Å²) in [6, 6.07) is 6.51. The van der Waals surface area contributed by atoms with Gasteiger partial charge in [0, 0.05) is 17.6 Å². The van der Waals surface area contributed by atoms with E-state index in [4.69, 9.17) is 17.3 Å². The second-order valence-electron chi connectivity index (χ2n) is 3.27. The smallest absolute Gasteiger partial charge is 0.345 e. The maximum atomic E-state index is 11.4. The third kappa shape index (κ3) is 2.21. The van der Waals surface area contributed by atoms with Crippen LogP contribution in [0.25, 0.3) is 11.4 Å². The molecule has 0 unspecified atom stereocenters. The van der Waals surface area contributed by atoms with Crippen LogP contribution in [0.1, 0.15) is 0 Å². The van der Waals surface area contributed by atoms with E-state index in [1.807, 2.05) is 0 Å². The van der Waals surface area contributed by atoms with Crippen LogP contribution in [0, 0.1) is 0 Å². The maximum absolute atomic E-state index is 11.4. The van der Waals surface area contributed by atoms with Crippen LogP contribution in [0.5, 0.6) is 0 Å². The average Bonchev–Trinajstić information content (AvgIpc) is 2.71. The Balaban J connectivity index is 2.41. The summed E-state index contributed by atoms with van der Waals surface area (Å²) < 4.78 is 1.00. The van der Waals surface area contributed by atoms with Gasteiger partial charge in [-0.3, -0.25) is 0 Å². The van der Waals surface area contributed by atoms with Crippen molar-refractivity contribution in [3.05, 3.63) is 29.3 Å². The second-order valence-corrected chi connectivity index (χ2v) is 3.70. The van der Waals surface area contributed by atoms with Gasteiger partial charge >= 0.3 is 6.03 Å². The second kappa shape index (κ2) is 4.42. The highest BCUT2D eigenvalue weighted by Crippen LogP contribution is 2.19. The van der Waals surface area contributed by atoms with E-state index in [1.54, 1.807) is 24.3 Å². The van der Waals surface area contributed by atoms with Crippen LogP contribution < -0.4 is 11.1 Å². The molecule has 2 rings (SSSR count). The summed E-state index contributed by atoms with van der Waals surface area (Å²) in [5.41, 5.74) is 6.33. The van der Waals surface area contributed by atoms with Crippen LogP contribution in [0.2, 0.25) is 5.02 Å². The van der Waals surface area contributed by atoms with Crippen LogP contribution in [0.4, 0.5) is 10.7 Å². The van der Waals surface area contributed by atoms with Crippen molar-refractivity contribution in [2.75, 3.05) is 12.8 Å². The highest BCUT2D eigenvalue weighted by atomic mass is 35.5. The summed E-state index contributed by atoms with van der Waals surface area (Å²) in [6.07, 6.45) is 0. The first kappa shape index (κ1) is 11.4. The highest BCUT2D eigenvalue weighted by molar-refractivity contribution is 6.30. The molecule has 0 atom stereocenters. The van der Waals surface area contributed by atoms with Gasteiger partial charge in [-0.15, -0.1) is 9.78 Å². The molecule has 1 aromatic carbocycles. The summed E-state index contributed by atoms with van der Waals surface area (Å²) in [6.45, 7) is 0. The van der Waals surface area contributed by atoms with E-state index in [2.05, 4.69) is 15.4 Å². The molecule has 0 saturated heterocycles. The van der Waals surface area contributed by atoms with E-state index in [-0.39, 0.29) is 5.95 Å². The Kier molecular flexibility index (Phi) is 2.97. The Labute approximate surface area is 102 Å². The fraction of sp³-hybridized carbons (Fsp3) is 0.100. The van der Waals surface area contributed by atoms with Gasteiger partial charge in [0.1, 0.15) is 0 Å². The summed E-state index contributed by atoms with van der Waals surface area (Å²) in [7, 11) is 1.49. The number of hydrogen-bond donors (Lipinski definition) is 2. The lowest BCUT2D eigenvalue weighted by atomic mass is 10.2. The summed E-state index contributed by atoms with van der Waals surface area (Å²) in [5.74, 6) is 0.414. The molecule has 3 N–H and O–H groups in total. The monoisotopic (exact) mass is 251 g/mol. The van der Waals surface area contributed by atoms with Gasteiger partial charge in [-0.1, -0.05) is 11.6 Å². The Bertz CT molecular complexity index is 548. The van der Waals surface area contributed by atoms with Crippen LogP contribution >= 0.6 is 11.6 Å². The summed E-state index contributed by atoms with van der Waals surface area (Å²) in [4.78, 5) is 15.4. The number of nitrogen functional groups attached to an aromatic ring is 1. The molecule has 0 radical (unpaired) electrons. The third-order valence-corrected chi connectivity index (χ3v) is 2.39. The number of amides is 1. The van der Waals surface area contributed by atoms with E-state index in [0.29, 0.717) is 10.8 Å². The van der Waals surface area contributed by atoms with Gasteiger partial charge in [0.05, 0.1) is 0 Å². The molecule has 0 fully saturated rings. The molecule has 2 aromatic rings. The molecule has 1 amide bonds. The number of carbonyl (C=O) groups is 1. The van der Waals surface area contributed by atoms with E-state index in [1.165, 1.54) is 7.05 Å². The number of rotatable bonds is 1. The van der Waals surface area contributed by atoms with Gasteiger partial charge in [0.15, 0.2) is 5.82 Å². The van der Waals surface area contributed by atoms with Gasteiger partial charge in [-0.05, 0) is 24.3 Å². The number of benzene rings is 1. The molecule has 1 aromatic heterocycles. The average molecular weight is 252 g/mol. The van der Waals surface area contributed by atoms with Crippen molar-refractivity contribution >= 4 is 23.6 Å². The number of nitrogens with zero attached hydrogens (tertiary/aromatic N) is 3. The number of halogens is 1. The van der Waals surface area contributed by atoms with Gasteiger partial charge < -0.3 is 11.1 Å². The zero-order valence-electron chi connectivity index (χ0n) is 9.01. The lowest BCUT2D eigenvalue weighted by Gasteiger charge is -1.98. The maximum Gasteiger partial charge on any atom is 0.345 e. The van der Waals surface area contributed by atoms with Crippen molar-refractivity contribution in [3.63, 3.8) is 0 Å². The third-order valence-electron chi connectivity index (χ3n) is 2.14. The fourth-order valence-corrected chi connectivity index (χ4v) is 1.43. The molecule has 7 heteroatoms. The molecule has 17 heavy (non-hydrogen) atoms. The van der Waals surface area contributed by atoms with E-state index in [0.717, 1.165) is 10.2 Å². The minimum absolute atomic E-state index is 0.0364. The Hall–Kier alpha value is -2.08. The van der Waals surface area contributed by atoms with E-state index < -0.39 is 6.03 Å². The van der Waals surface area contributed by atoms with Crippen LogP contribution in [-0.4, -0.2) is 27.8 Å². The predicted molar refractivity (Wildman–Crippen MR) is 64.7 cm³/mol. The van der Waals surface area contributed by atoms with Crippen LogP contribution in [0.15, 0.2) is 24.3 Å². The summed E-state index contributed by atoms with van der Waals surface area (Å²) in [5, 5.41) is 7.04. The number of carbonyl (C=O) groups excluding carboxylic acids is 1. The summed E-state index contributed by atoms with van der Waals surface area (Å²) >= 11 is 5.77. The largest absolute Gasteiger partial charge is 0.368 e. The van der Waals surface area contributed by atoms with Crippen molar-refractivity contribution in [3.8, 4) is 11.4 Å². The molecular weight excluding hydrogens is 242 g/mol. The molecule has 0 aliphatic heterocycles. The number of nitrogens with two attached hydrogens (primary N) is 1. The SMILES string of the molecule is CNC(=O)n1nc(-c2ccc(Cl)cc2)nc1N. The molecule has 1 heterocycles. The van der Waals surface area contributed by atoms with E-state index in [9.17, 15) is 4.79 Å². The number of nitrogens with one attached hydrogen (secondary N) is 1. The number of hydrogen-bond acceptors (Lipinski definition) is 4. The Morgan fingerprint density at radius 1 is 1.41 bits per heavy atom. The van der Waals surface area contributed by atoms with Crippen LogP contribution in [0.3, 0.4) is 0 Å². The number of anilines is 1. The van der Waals surface area contributed by atoms with Gasteiger partial charge in [-0.25, -0.2) is 4.79 Å². The van der Waals surface area contributed by atoms with Crippen molar-refractivity contribution in [2.24, 2.45) is 0 Å². The lowest BCUT2D eigenvalue weighted by molar-refractivity contribution is 0.242. The standard InChI is InChI=1S/C10H10ClN5O/c1-13-10(17)16-9(12)14-8(15-16)6-2-4-7(11)5-3-6/h2-5H,1H3,(H,13,17)(H2,12,14,15). The molecule has 88 valence electrons. The first-order valence-corrected chi connectivity index (χ1v) is 5.20. The lowest BCUT2D eigenvalue weighted by Crippen LogP contribution is -2.26. The molecular formula is C10H10ClN5O. The molecule has 0 spiro atoms. The van der Waals surface area contributed by atoms with Gasteiger partial charge in [0.25, 0.3) is 0 Å². The number of aromatic nitrogens is 3. The Morgan fingerprint density at radius 3 is 2.65 bits per heavy atom. The topological polar surface area (TPSA) is 85.8 Å². The van der Waals surface area contributed by atoms with Crippen molar-refractivity contribution < 1.29 is 4.79 Å². The molecule has 0 saturated carbocycles. The highest BCUT2D eigenvalue weighted by Gasteiger charge is 2.13. The normalized spacial score (nSPS) is 10.2. The Morgan fingerprint density at radius 2 is 2.06 bits per heavy atom. The van der Waals surface area contributed by atoms with E-state index >= 15 is 0 Å². The molecule has 0 bridgehead atoms. The minimum atomic E-state index is -0.435. The van der Waals surface area contributed by atoms with Gasteiger partial charge in [0.2, 0.25) is 5.95 Å². The molecule has 6 nitrogen and oxygen atoms in total. The van der Waals surface area contributed by atoms with Gasteiger partial charge in [-0.2, -0.15) is 4.98 Å². The van der Waals surface area contributed by atoms with Crippen LogP contribution in [-0.2, 0) is 0 Å². The van der Waals surface area contributed by atoms with Crippen molar-refractivity contribution in [2.45, 2.75) is 0 Å². The predicted octanol–water partition coefficient (Wildman–Crippen LogP) is 1.37. The molecule has 0 aliphatic carbocycles. The zero-order chi connectivity index (χ0) is 12.4. The minimum Gasteiger partial charge on any atom is -0.368 e. The first-order chi connectivity index (χ1) is 8.11. The first-order valence-electron chi connectivity index (χ1n) is 4.82. The molecule has 0 aliphatic rings. The fourth-order valence-electron chi connectivity index (χ4n) is 1.30.